The van der Waals surface area contributed by atoms with Crippen LogP contribution in [0.15, 0.2) is 47.4 Å². The van der Waals surface area contributed by atoms with Gasteiger partial charge in [-0.3, -0.25) is 4.31 Å². The van der Waals surface area contributed by atoms with Gasteiger partial charge in [0, 0.05) is 7.05 Å². The van der Waals surface area contributed by atoms with E-state index in [1.165, 1.54) is 56.6 Å². The molecule has 0 radical (unpaired) electrons. The van der Waals surface area contributed by atoms with Gasteiger partial charge in [-0.15, -0.1) is 0 Å². The van der Waals surface area contributed by atoms with Crippen LogP contribution in [0.1, 0.15) is 0 Å². The highest BCUT2D eigenvalue weighted by atomic mass is 32.2. The number of sulfonamides is 1. The van der Waals surface area contributed by atoms with Crippen molar-refractivity contribution in [1.82, 2.24) is 0 Å². The predicted molar refractivity (Wildman–Crippen MR) is 81.1 cm³/mol. The van der Waals surface area contributed by atoms with E-state index < -0.39 is 10.0 Å². The van der Waals surface area contributed by atoms with Crippen LogP contribution in [0.2, 0.25) is 0 Å². The molecule has 0 amide bonds. The van der Waals surface area contributed by atoms with Crippen LogP contribution < -0.4 is 14.8 Å². The van der Waals surface area contributed by atoms with Crippen LogP contribution in [-0.2, 0) is 10.0 Å². The number of hydrogen-bond acceptors (Lipinski definition) is 5. The fourth-order valence-corrected chi connectivity index (χ4v) is 3.06. The van der Waals surface area contributed by atoms with E-state index in [4.69, 9.17) is 10.5 Å². The number of ether oxygens (including phenoxy) is 1. The third-order valence-electron chi connectivity index (χ3n) is 3.07. The molecule has 0 aliphatic carbocycles. The lowest BCUT2D eigenvalue weighted by atomic mass is 10.3. The van der Waals surface area contributed by atoms with E-state index in [1.807, 2.05) is 0 Å². The Morgan fingerprint density at radius 1 is 1.14 bits per heavy atom. The van der Waals surface area contributed by atoms with Crippen LogP contribution in [0.3, 0.4) is 0 Å². The summed E-state index contributed by atoms with van der Waals surface area (Å²) in [5, 5.41) is 9.25. The first-order chi connectivity index (χ1) is 9.86. The molecule has 0 unspecified atom stereocenters. The molecule has 0 fully saturated rings. The molecule has 112 valence electrons. The zero-order valence-corrected chi connectivity index (χ0v) is 12.5. The molecule has 2 aromatic carbocycles. The molecule has 3 N–H and O–H groups in total. The standard InChI is InChI=1S/C14H16N2O4S/c1-16(10-3-5-11(17)6-4-10)21(18,19)12-7-8-14(20-2)13(15)9-12/h3-9,17H,15H2,1-2H3. The number of nitrogens with zero attached hydrogens (tertiary/aromatic N) is 1. The lowest BCUT2D eigenvalue weighted by Gasteiger charge is -2.20. The zero-order valence-electron chi connectivity index (χ0n) is 11.6. The first-order valence-electron chi connectivity index (χ1n) is 6.07. The Morgan fingerprint density at radius 2 is 1.76 bits per heavy atom. The van der Waals surface area contributed by atoms with Gasteiger partial charge < -0.3 is 15.6 Å². The number of aromatic hydroxyl groups is 1. The number of nitrogen functional groups attached to an aromatic ring is 1. The first kappa shape index (κ1) is 15.0. The van der Waals surface area contributed by atoms with E-state index in [-0.39, 0.29) is 16.3 Å². The Balaban J connectivity index is 2.41. The monoisotopic (exact) mass is 308 g/mol. The third kappa shape index (κ3) is 2.87. The Hall–Kier alpha value is -2.41. The van der Waals surface area contributed by atoms with Crippen LogP contribution in [0.25, 0.3) is 0 Å². The number of rotatable bonds is 4. The van der Waals surface area contributed by atoms with Crippen LogP contribution in [0, 0.1) is 0 Å². The average molecular weight is 308 g/mol. The van der Waals surface area contributed by atoms with Gasteiger partial charge in [0.05, 0.1) is 23.4 Å². The van der Waals surface area contributed by atoms with E-state index in [9.17, 15) is 13.5 Å². The van der Waals surface area contributed by atoms with Crippen molar-refractivity contribution in [2.24, 2.45) is 0 Å². The summed E-state index contributed by atoms with van der Waals surface area (Å²) in [6.07, 6.45) is 0. The second-order valence-electron chi connectivity index (χ2n) is 4.39. The van der Waals surface area contributed by atoms with E-state index in [1.54, 1.807) is 0 Å². The molecular weight excluding hydrogens is 292 g/mol. The molecule has 0 heterocycles. The predicted octanol–water partition coefficient (Wildman–Crippen LogP) is 1.81. The molecular formula is C14H16N2O4S. The van der Waals surface area contributed by atoms with Gasteiger partial charge in [-0.05, 0) is 42.5 Å². The highest BCUT2D eigenvalue weighted by molar-refractivity contribution is 7.92. The van der Waals surface area contributed by atoms with Crippen molar-refractivity contribution in [3.63, 3.8) is 0 Å². The van der Waals surface area contributed by atoms with Crippen LogP contribution >= 0.6 is 0 Å². The van der Waals surface area contributed by atoms with Gasteiger partial charge in [0.2, 0.25) is 0 Å². The summed E-state index contributed by atoms with van der Waals surface area (Å²) >= 11 is 0. The number of methoxy groups -OCH3 is 1. The molecule has 0 saturated heterocycles. The van der Waals surface area contributed by atoms with Gasteiger partial charge in [0.15, 0.2) is 0 Å². The van der Waals surface area contributed by atoms with Crippen molar-refractivity contribution >= 4 is 21.4 Å². The largest absolute Gasteiger partial charge is 0.508 e. The minimum atomic E-state index is -3.74. The average Bonchev–Trinajstić information content (AvgIpc) is 2.47. The van der Waals surface area contributed by atoms with Gasteiger partial charge in [0.1, 0.15) is 11.5 Å². The molecule has 2 aromatic rings. The van der Waals surface area contributed by atoms with Crippen molar-refractivity contribution < 1.29 is 18.3 Å². The van der Waals surface area contributed by atoms with Gasteiger partial charge in [0.25, 0.3) is 10.0 Å². The molecule has 0 bridgehead atoms. The molecule has 21 heavy (non-hydrogen) atoms. The van der Waals surface area contributed by atoms with Gasteiger partial charge >= 0.3 is 0 Å². The number of benzene rings is 2. The number of hydrogen-bond donors (Lipinski definition) is 2. The molecule has 2 rings (SSSR count). The molecule has 6 nitrogen and oxygen atoms in total. The summed E-state index contributed by atoms with van der Waals surface area (Å²) < 4.78 is 31.2. The Morgan fingerprint density at radius 3 is 2.29 bits per heavy atom. The maximum atomic E-state index is 12.5. The topological polar surface area (TPSA) is 92.9 Å². The van der Waals surface area contributed by atoms with Gasteiger partial charge in [-0.25, -0.2) is 8.42 Å². The van der Waals surface area contributed by atoms with Crippen LogP contribution in [-0.4, -0.2) is 27.7 Å². The Bertz CT molecular complexity index is 742. The van der Waals surface area contributed by atoms with Crippen molar-refractivity contribution in [3.8, 4) is 11.5 Å². The fourth-order valence-electron chi connectivity index (χ4n) is 1.83. The summed E-state index contributed by atoms with van der Waals surface area (Å²) in [7, 11) is -0.843. The second-order valence-corrected chi connectivity index (χ2v) is 6.36. The SMILES string of the molecule is COc1ccc(S(=O)(=O)N(C)c2ccc(O)cc2)cc1N. The molecule has 0 spiro atoms. The lowest BCUT2D eigenvalue weighted by molar-refractivity contribution is 0.416. The van der Waals surface area contributed by atoms with Crippen LogP contribution in [0.4, 0.5) is 11.4 Å². The maximum absolute atomic E-state index is 12.5. The van der Waals surface area contributed by atoms with Gasteiger partial charge in [-0.2, -0.15) is 0 Å². The summed E-state index contributed by atoms with van der Waals surface area (Å²) in [6.45, 7) is 0. The van der Waals surface area contributed by atoms with E-state index in [2.05, 4.69) is 0 Å². The molecule has 0 aliphatic heterocycles. The first-order valence-corrected chi connectivity index (χ1v) is 7.51. The molecule has 0 aliphatic rings. The Labute approximate surface area is 123 Å². The smallest absolute Gasteiger partial charge is 0.264 e. The summed E-state index contributed by atoms with van der Waals surface area (Å²) in [5.41, 5.74) is 6.43. The van der Waals surface area contributed by atoms with E-state index in [0.29, 0.717) is 11.4 Å². The quantitative estimate of drug-likeness (QED) is 0.840. The minimum absolute atomic E-state index is 0.0661. The number of phenols is 1. The van der Waals surface area contributed by atoms with E-state index in [0.717, 1.165) is 4.31 Å². The van der Waals surface area contributed by atoms with Crippen molar-refractivity contribution in [2.45, 2.75) is 4.90 Å². The van der Waals surface area contributed by atoms with Gasteiger partial charge in [-0.1, -0.05) is 0 Å². The number of phenolic OH excluding ortho intramolecular Hbond substituents is 1. The number of nitrogens with two attached hydrogens (primary N) is 1. The molecule has 7 heteroatoms. The highest BCUT2D eigenvalue weighted by Gasteiger charge is 2.22. The van der Waals surface area contributed by atoms with Crippen molar-refractivity contribution in [3.05, 3.63) is 42.5 Å². The van der Waals surface area contributed by atoms with Crippen LogP contribution in [0.5, 0.6) is 11.5 Å². The maximum Gasteiger partial charge on any atom is 0.264 e. The molecule has 0 saturated carbocycles. The Kier molecular flexibility index (Phi) is 3.95. The highest BCUT2D eigenvalue weighted by Crippen LogP contribution is 2.28. The zero-order chi connectivity index (χ0) is 15.6. The normalized spacial score (nSPS) is 11.1. The van der Waals surface area contributed by atoms with Crippen molar-refractivity contribution in [2.75, 3.05) is 24.2 Å². The summed E-state index contributed by atoms with van der Waals surface area (Å²) in [5.74, 6) is 0.486. The minimum Gasteiger partial charge on any atom is -0.508 e. The van der Waals surface area contributed by atoms with Crippen molar-refractivity contribution in [1.29, 1.82) is 0 Å². The molecule has 0 aromatic heterocycles. The second kappa shape index (κ2) is 5.53. The lowest BCUT2D eigenvalue weighted by Crippen LogP contribution is -2.26. The molecule has 0 atom stereocenters. The summed E-state index contributed by atoms with van der Waals surface area (Å²) in [6, 6.07) is 10.2. The third-order valence-corrected chi connectivity index (χ3v) is 4.85. The van der Waals surface area contributed by atoms with E-state index >= 15 is 0 Å². The number of anilines is 2. The summed E-state index contributed by atoms with van der Waals surface area (Å²) in [4.78, 5) is 0.0661. The fraction of sp³-hybridized carbons (Fsp3) is 0.143.